The molecule has 1 amide bonds. The number of allylic oxidation sites excluding steroid dienone is 1. The molecule has 0 spiro atoms. The van der Waals surface area contributed by atoms with Crippen LogP contribution in [0.5, 0.6) is 0 Å². The fourth-order valence-corrected chi connectivity index (χ4v) is 3.05. The first kappa shape index (κ1) is 14.6. The predicted octanol–water partition coefficient (Wildman–Crippen LogP) is 2.43. The van der Waals surface area contributed by atoms with Gasteiger partial charge in [0.1, 0.15) is 6.04 Å². The molecule has 2 heterocycles. The predicted molar refractivity (Wildman–Crippen MR) is 86.8 cm³/mol. The first-order valence-electron chi connectivity index (χ1n) is 7.59. The molecule has 1 fully saturated rings. The molecule has 1 aliphatic heterocycles. The number of carbonyl (C=O) groups excluding carboxylic acids is 1. The van der Waals surface area contributed by atoms with Gasteiger partial charge in [0.15, 0.2) is 0 Å². The van der Waals surface area contributed by atoms with Crippen LogP contribution in [0.3, 0.4) is 0 Å². The minimum Gasteiger partial charge on any atom is -0.329 e. The molecule has 0 aliphatic carbocycles. The van der Waals surface area contributed by atoms with Crippen LogP contribution >= 0.6 is 0 Å². The van der Waals surface area contributed by atoms with Crippen LogP contribution in [-0.4, -0.2) is 15.0 Å². The Morgan fingerprint density at radius 1 is 1.27 bits per heavy atom. The second-order valence-electron chi connectivity index (χ2n) is 6.26. The molecule has 5 nitrogen and oxygen atoms in total. The number of aryl methyl sites for hydroxylation is 1. The highest BCUT2D eigenvalue weighted by atomic mass is 16.2. The zero-order chi connectivity index (χ0) is 16.0. The Labute approximate surface area is 129 Å². The van der Waals surface area contributed by atoms with Crippen LogP contribution in [0, 0.1) is 0 Å². The number of fused-ring (bicyclic) bond motifs is 1. The third-order valence-electron chi connectivity index (χ3n) is 4.41. The van der Waals surface area contributed by atoms with E-state index in [2.05, 4.69) is 25.7 Å². The summed E-state index contributed by atoms with van der Waals surface area (Å²) in [5.41, 5.74) is 3.43. The lowest BCUT2D eigenvalue weighted by Crippen LogP contribution is -2.40. The molecule has 1 atom stereocenters. The largest absolute Gasteiger partial charge is 0.329 e. The van der Waals surface area contributed by atoms with Crippen molar-refractivity contribution in [1.82, 2.24) is 14.5 Å². The zero-order valence-electron chi connectivity index (χ0n) is 13.2. The van der Waals surface area contributed by atoms with E-state index in [1.807, 2.05) is 18.2 Å². The van der Waals surface area contributed by atoms with Crippen LogP contribution in [0.2, 0.25) is 0 Å². The standard InChI is InChI=1S/C17H21N3O2/c1-10(2)12-6-8-13-15(9-12)19(4)17(22)20(13)14-7-5-11(3)18-16(14)21/h6,8-10,14H,3,5,7H2,1-2,4H3,(H,18,21)/t14-/m1/s1. The molecular formula is C17H21N3O2. The highest BCUT2D eigenvalue weighted by Crippen LogP contribution is 2.26. The Hall–Kier alpha value is -2.30. The molecule has 0 saturated carbocycles. The number of piperidine rings is 1. The summed E-state index contributed by atoms with van der Waals surface area (Å²) in [6, 6.07) is 5.55. The second-order valence-corrected chi connectivity index (χ2v) is 6.26. The van der Waals surface area contributed by atoms with E-state index < -0.39 is 6.04 Å². The smallest absolute Gasteiger partial charge is 0.329 e. The third-order valence-corrected chi connectivity index (χ3v) is 4.41. The molecule has 1 aliphatic rings. The monoisotopic (exact) mass is 299 g/mol. The van der Waals surface area contributed by atoms with E-state index in [0.29, 0.717) is 18.8 Å². The molecule has 0 unspecified atom stereocenters. The van der Waals surface area contributed by atoms with Crippen molar-refractivity contribution in [2.75, 3.05) is 0 Å². The fraction of sp³-hybridized carbons (Fsp3) is 0.412. The van der Waals surface area contributed by atoms with Crippen molar-refractivity contribution in [2.45, 2.75) is 38.6 Å². The highest BCUT2D eigenvalue weighted by Gasteiger charge is 2.29. The summed E-state index contributed by atoms with van der Waals surface area (Å²) >= 11 is 0. The number of imidazole rings is 1. The SMILES string of the molecule is C=C1CC[C@@H](n2c(=O)n(C)c3cc(C(C)C)ccc32)C(=O)N1. The Bertz CT molecular complexity index is 826. The summed E-state index contributed by atoms with van der Waals surface area (Å²) in [6.07, 6.45) is 1.30. The average Bonchev–Trinajstić information content (AvgIpc) is 2.71. The molecule has 1 aromatic heterocycles. The Morgan fingerprint density at radius 2 is 2.00 bits per heavy atom. The van der Waals surface area contributed by atoms with Gasteiger partial charge in [0, 0.05) is 12.7 Å². The summed E-state index contributed by atoms with van der Waals surface area (Å²) in [5.74, 6) is 0.239. The van der Waals surface area contributed by atoms with Gasteiger partial charge in [-0.2, -0.15) is 0 Å². The van der Waals surface area contributed by atoms with Crippen LogP contribution in [0.15, 0.2) is 35.3 Å². The molecular weight excluding hydrogens is 278 g/mol. The van der Waals surface area contributed by atoms with Crippen LogP contribution in [-0.2, 0) is 11.8 Å². The Balaban J connectivity index is 2.18. The van der Waals surface area contributed by atoms with Gasteiger partial charge < -0.3 is 5.32 Å². The molecule has 1 saturated heterocycles. The minimum absolute atomic E-state index is 0.149. The van der Waals surface area contributed by atoms with E-state index in [4.69, 9.17) is 0 Å². The van der Waals surface area contributed by atoms with Gasteiger partial charge in [-0.15, -0.1) is 0 Å². The molecule has 0 bridgehead atoms. The lowest BCUT2D eigenvalue weighted by Gasteiger charge is -2.24. The number of nitrogens with one attached hydrogen (secondary N) is 1. The van der Waals surface area contributed by atoms with Gasteiger partial charge >= 0.3 is 5.69 Å². The Kier molecular flexibility index (Phi) is 3.43. The summed E-state index contributed by atoms with van der Waals surface area (Å²) in [5, 5.41) is 2.76. The maximum atomic E-state index is 12.6. The van der Waals surface area contributed by atoms with Crippen molar-refractivity contribution in [3.8, 4) is 0 Å². The number of amides is 1. The van der Waals surface area contributed by atoms with Gasteiger partial charge in [-0.25, -0.2) is 4.79 Å². The van der Waals surface area contributed by atoms with Gasteiger partial charge in [-0.05, 0) is 36.5 Å². The Morgan fingerprint density at radius 3 is 2.64 bits per heavy atom. The van der Waals surface area contributed by atoms with E-state index in [1.54, 1.807) is 16.2 Å². The van der Waals surface area contributed by atoms with E-state index in [9.17, 15) is 9.59 Å². The first-order valence-corrected chi connectivity index (χ1v) is 7.59. The topological polar surface area (TPSA) is 56.0 Å². The van der Waals surface area contributed by atoms with Gasteiger partial charge in [-0.1, -0.05) is 26.5 Å². The van der Waals surface area contributed by atoms with E-state index in [-0.39, 0.29) is 11.6 Å². The third kappa shape index (κ3) is 2.17. The van der Waals surface area contributed by atoms with Gasteiger partial charge in [0.2, 0.25) is 5.91 Å². The van der Waals surface area contributed by atoms with Gasteiger partial charge in [-0.3, -0.25) is 13.9 Å². The lowest BCUT2D eigenvalue weighted by atomic mass is 10.0. The number of carbonyl (C=O) groups is 1. The van der Waals surface area contributed by atoms with Crippen molar-refractivity contribution in [3.63, 3.8) is 0 Å². The van der Waals surface area contributed by atoms with E-state index in [1.165, 1.54) is 5.56 Å². The minimum atomic E-state index is -0.466. The number of aromatic nitrogens is 2. The highest BCUT2D eigenvalue weighted by molar-refractivity contribution is 5.86. The maximum absolute atomic E-state index is 12.6. The summed E-state index contributed by atoms with van der Waals surface area (Å²) in [7, 11) is 1.75. The van der Waals surface area contributed by atoms with Crippen molar-refractivity contribution >= 4 is 16.9 Å². The number of benzene rings is 1. The molecule has 116 valence electrons. The normalized spacial score (nSPS) is 19.0. The second kappa shape index (κ2) is 5.16. The average molecular weight is 299 g/mol. The fourth-order valence-electron chi connectivity index (χ4n) is 3.05. The lowest BCUT2D eigenvalue weighted by molar-refractivity contribution is -0.124. The van der Waals surface area contributed by atoms with Crippen LogP contribution in [0.4, 0.5) is 0 Å². The molecule has 1 N–H and O–H groups in total. The molecule has 3 rings (SSSR count). The van der Waals surface area contributed by atoms with Crippen LogP contribution in [0.25, 0.3) is 11.0 Å². The maximum Gasteiger partial charge on any atom is 0.329 e. The molecule has 2 aromatic rings. The number of rotatable bonds is 2. The summed E-state index contributed by atoms with van der Waals surface area (Å²) < 4.78 is 3.24. The van der Waals surface area contributed by atoms with Crippen molar-refractivity contribution < 1.29 is 4.79 Å². The summed E-state index contributed by atoms with van der Waals surface area (Å²) in [6.45, 7) is 8.03. The summed E-state index contributed by atoms with van der Waals surface area (Å²) in [4.78, 5) is 24.9. The molecule has 5 heteroatoms. The van der Waals surface area contributed by atoms with Crippen molar-refractivity contribution in [3.05, 3.63) is 46.5 Å². The molecule has 22 heavy (non-hydrogen) atoms. The van der Waals surface area contributed by atoms with E-state index >= 15 is 0 Å². The van der Waals surface area contributed by atoms with Crippen molar-refractivity contribution in [2.24, 2.45) is 7.05 Å². The van der Waals surface area contributed by atoms with E-state index in [0.717, 1.165) is 16.7 Å². The quantitative estimate of drug-likeness (QED) is 0.926. The number of hydrogen-bond donors (Lipinski definition) is 1. The van der Waals surface area contributed by atoms with Crippen LogP contribution < -0.4 is 11.0 Å². The van der Waals surface area contributed by atoms with Crippen molar-refractivity contribution in [1.29, 1.82) is 0 Å². The molecule has 1 aromatic carbocycles. The van der Waals surface area contributed by atoms with Gasteiger partial charge in [0.25, 0.3) is 0 Å². The molecule has 0 radical (unpaired) electrons. The van der Waals surface area contributed by atoms with Crippen LogP contribution in [0.1, 0.15) is 44.2 Å². The number of hydrogen-bond acceptors (Lipinski definition) is 2. The van der Waals surface area contributed by atoms with Gasteiger partial charge in [0.05, 0.1) is 11.0 Å². The number of nitrogens with zero attached hydrogens (tertiary/aromatic N) is 2. The zero-order valence-corrected chi connectivity index (χ0v) is 13.2. The first-order chi connectivity index (χ1) is 10.4.